The number of methoxy groups -OCH3 is 1. The molecule has 1 aromatic heterocycles. The van der Waals surface area contributed by atoms with Crippen LogP contribution < -0.4 is 9.47 Å². The Hall–Kier alpha value is -2.14. The van der Waals surface area contributed by atoms with E-state index >= 15 is 0 Å². The quantitative estimate of drug-likeness (QED) is 0.894. The maximum Gasteiger partial charge on any atom is 0.222 e. The summed E-state index contributed by atoms with van der Waals surface area (Å²) in [5.74, 6) is 2.20. The third kappa shape index (κ3) is 2.75. The summed E-state index contributed by atoms with van der Waals surface area (Å²) in [6.45, 7) is 1.75. The first-order valence-electron chi connectivity index (χ1n) is 5.48. The van der Waals surface area contributed by atoms with Crippen molar-refractivity contribution in [1.29, 1.82) is 0 Å². The molecule has 0 saturated carbocycles. The zero-order valence-electron chi connectivity index (χ0n) is 10.3. The van der Waals surface area contributed by atoms with E-state index in [1.807, 2.05) is 0 Å². The highest BCUT2D eigenvalue weighted by atomic mass is 16.5. The Balaban J connectivity index is 2.28. The third-order valence-electron chi connectivity index (χ3n) is 2.38. The molecular weight excluding hydrogens is 232 g/mol. The topological polar surface area (TPSA) is 64.5 Å². The van der Waals surface area contributed by atoms with Crippen LogP contribution in [0, 0.1) is 6.92 Å². The molecule has 1 heterocycles. The summed E-state index contributed by atoms with van der Waals surface area (Å²) in [6, 6.07) is 6.91. The predicted molar refractivity (Wildman–Crippen MR) is 65.8 cm³/mol. The summed E-state index contributed by atoms with van der Waals surface area (Å²) in [4.78, 5) is 8.14. The van der Waals surface area contributed by atoms with Crippen LogP contribution in [-0.4, -0.2) is 22.2 Å². The Morgan fingerprint density at radius 3 is 2.72 bits per heavy atom. The van der Waals surface area contributed by atoms with Crippen molar-refractivity contribution in [3.05, 3.63) is 41.9 Å². The van der Waals surface area contributed by atoms with Gasteiger partial charge in [0.15, 0.2) is 11.5 Å². The molecule has 2 aromatic rings. The zero-order valence-corrected chi connectivity index (χ0v) is 10.3. The number of rotatable bonds is 4. The van der Waals surface area contributed by atoms with Gasteiger partial charge < -0.3 is 14.6 Å². The minimum Gasteiger partial charge on any atom is -0.493 e. The lowest BCUT2D eigenvalue weighted by Crippen LogP contribution is -1.95. The molecule has 0 saturated heterocycles. The molecule has 0 aliphatic heterocycles. The van der Waals surface area contributed by atoms with Gasteiger partial charge in [-0.25, -0.2) is 4.98 Å². The first-order valence-corrected chi connectivity index (χ1v) is 5.48. The van der Waals surface area contributed by atoms with Crippen molar-refractivity contribution in [2.24, 2.45) is 0 Å². The Kier molecular flexibility index (Phi) is 3.74. The highest BCUT2D eigenvalue weighted by Crippen LogP contribution is 2.31. The van der Waals surface area contributed by atoms with Gasteiger partial charge in [0, 0.05) is 12.3 Å². The smallest absolute Gasteiger partial charge is 0.222 e. The van der Waals surface area contributed by atoms with E-state index in [0.29, 0.717) is 23.2 Å². The maximum atomic E-state index is 9.06. The molecule has 0 amide bonds. The van der Waals surface area contributed by atoms with Crippen LogP contribution in [0.25, 0.3) is 0 Å². The van der Waals surface area contributed by atoms with Crippen molar-refractivity contribution in [3.8, 4) is 17.4 Å². The fourth-order valence-corrected chi connectivity index (χ4v) is 1.50. The number of aromatic nitrogens is 2. The van der Waals surface area contributed by atoms with E-state index < -0.39 is 0 Å². The van der Waals surface area contributed by atoms with Crippen LogP contribution in [0.2, 0.25) is 0 Å². The molecule has 0 atom stereocenters. The van der Waals surface area contributed by atoms with Gasteiger partial charge in [-0.1, -0.05) is 6.07 Å². The maximum absolute atomic E-state index is 9.06. The van der Waals surface area contributed by atoms with E-state index in [-0.39, 0.29) is 6.61 Å². The monoisotopic (exact) mass is 246 g/mol. The normalized spacial score (nSPS) is 10.2. The summed E-state index contributed by atoms with van der Waals surface area (Å²) in [6.07, 6.45) is 1.63. The standard InChI is InChI=1S/C13H14N2O3/c1-9-14-6-5-13(15-9)18-11-4-3-10(8-16)7-12(11)17-2/h3-7,16H,8H2,1-2H3. The molecule has 1 N–H and O–H groups in total. The number of aryl methyl sites for hydroxylation is 1. The molecule has 0 spiro atoms. The SMILES string of the molecule is COc1cc(CO)ccc1Oc1ccnc(C)n1. The number of benzene rings is 1. The molecule has 0 aliphatic rings. The second-order valence-electron chi connectivity index (χ2n) is 3.69. The minimum absolute atomic E-state index is 0.0384. The van der Waals surface area contributed by atoms with Gasteiger partial charge in [0.2, 0.25) is 5.88 Å². The summed E-state index contributed by atoms with van der Waals surface area (Å²) >= 11 is 0. The molecule has 5 heteroatoms. The fourth-order valence-electron chi connectivity index (χ4n) is 1.50. The van der Waals surface area contributed by atoms with Gasteiger partial charge in [-0.15, -0.1) is 0 Å². The van der Waals surface area contributed by atoms with Gasteiger partial charge in [-0.3, -0.25) is 0 Å². The zero-order chi connectivity index (χ0) is 13.0. The van der Waals surface area contributed by atoms with E-state index in [0.717, 1.165) is 5.56 Å². The molecule has 0 unspecified atom stereocenters. The second kappa shape index (κ2) is 5.46. The Bertz CT molecular complexity index is 544. The summed E-state index contributed by atoms with van der Waals surface area (Å²) in [5, 5.41) is 9.06. The lowest BCUT2D eigenvalue weighted by Gasteiger charge is -2.10. The molecule has 0 radical (unpaired) electrons. The van der Waals surface area contributed by atoms with Crippen LogP contribution in [-0.2, 0) is 6.61 Å². The van der Waals surface area contributed by atoms with E-state index in [1.165, 1.54) is 0 Å². The number of hydrogen-bond acceptors (Lipinski definition) is 5. The van der Waals surface area contributed by atoms with Gasteiger partial charge in [0.1, 0.15) is 5.82 Å². The molecule has 94 valence electrons. The molecule has 5 nitrogen and oxygen atoms in total. The van der Waals surface area contributed by atoms with Crippen molar-refractivity contribution in [2.45, 2.75) is 13.5 Å². The van der Waals surface area contributed by atoms with Crippen LogP contribution >= 0.6 is 0 Å². The molecule has 1 aromatic carbocycles. The fraction of sp³-hybridized carbons (Fsp3) is 0.231. The van der Waals surface area contributed by atoms with Crippen molar-refractivity contribution in [2.75, 3.05) is 7.11 Å². The third-order valence-corrected chi connectivity index (χ3v) is 2.38. The van der Waals surface area contributed by atoms with Crippen LogP contribution in [0.5, 0.6) is 17.4 Å². The number of hydrogen-bond donors (Lipinski definition) is 1. The summed E-state index contributed by atoms with van der Waals surface area (Å²) < 4.78 is 10.8. The number of ether oxygens (including phenoxy) is 2. The van der Waals surface area contributed by atoms with Crippen molar-refractivity contribution >= 4 is 0 Å². The molecule has 0 bridgehead atoms. The Morgan fingerprint density at radius 1 is 1.22 bits per heavy atom. The van der Waals surface area contributed by atoms with E-state index in [9.17, 15) is 0 Å². The minimum atomic E-state index is -0.0384. The Labute approximate surface area is 105 Å². The average molecular weight is 246 g/mol. The summed E-state index contributed by atoms with van der Waals surface area (Å²) in [5.41, 5.74) is 0.762. The predicted octanol–water partition coefficient (Wildman–Crippen LogP) is 2.08. The number of aliphatic hydroxyl groups is 1. The molecule has 0 fully saturated rings. The molecule has 18 heavy (non-hydrogen) atoms. The van der Waals surface area contributed by atoms with Gasteiger partial charge in [-0.2, -0.15) is 4.98 Å². The van der Waals surface area contributed by atoms with Crippen LogP contribution in [0.4, 0.5) is 0 Å². The lowest BCUT2D eigenvalue weighted by molar-refractivity contribution is 0.280. The lowest BCUT2D eigenvalue weighted by atomic mass is 10.2. The van der Waals surface area contributed by atoms with E-state index in [1.54, 1.807) is 44.5 Å². The first-order chi connectivity index (χ1) is 8.72. The number of aliphatic hydroxyl groups excluding tert-OH is 1. The van der Waals surface area contributed by atoms with Crippen LogP contribution in [0.1, 0.15) is 11.4 Å². The largest absolute Gasteiger partial charge is 0.493 e. The van der Waals surface area contributed by atoms with Crippen molar-refractivity contribution < 1.29 is 14.6 Å². The van der Waals surface area contributed by atoms with E-state index in [2.05, 4.69) is 9.97 Å². The first kappa shape index (κ1) is 12.3. The van der Waals surface area contributed by atoms with Gasteiger partial charge in [0.25, 0.3) is 0 Å². The molecule has 2 rings (SSSR count). The highest BCUT2D eigenvalue weighted by molar-refractivity contribution is 5.44. The van der Waals surface area contributed by atoms with Crippen molar-refractivity contribution in [1.82, 2.24) is 9.97 Å². The molecular formula is C13H14N2O3. The van der Waals surface area contributed by atoms with Gasteiger partial charge >= 0.3 is 0 Å². The highest BCUT2D eigenvalue weighted by Gasteiger charge is 2.07. The Morgan fingerprint density at radius 2 is 2.06 bits per heavy atom. The van der Waals surface area contributed by atoms with Crippen molar-refractivity contribution in [3.63, 3.8) is 0 Å². The average Bonchev–Trinajstić information content (AvgIpc) is 2.39. The van der Waals surface area contributed by atoms with Crippen LogP contribution in [0.3, 0.4) is 0 Å². The van der Waals surface area contributed by atoms with E-state index in [4.69, 9.17) is 14.6 Å². The van der Waals surface area contributed by atoms with Gasteiger partial charge in [-0.05, 0) is 24.6 Å². The second-order valence-corrected chi connectivity index (χ2v) is 3.69. The van der Waals surface area contributed by atoms with Gasteiger partial charge in [0.05, 0.1) is 13.7 Å². The van der Waals surface area contributed by atoms with Crippen LogP contribution in [0.15, 0.2) is 30.5 Å². The molecule has 0 aliphatic carbocycles. The summed E-state index contributed by atoms with van der Waals surface area (Å²) in [7, 11) is 1.55. The number of nitrogens with zero attached hydrogens (tertiary/aromatic N) is 2.